The Bertz CT molecular complexity index is 646. The van der Waals surface area contributed by atoms with Crippen LogP contribution < -0.4 is 5.32 Å². The summed E-state index contributed by atoms with van der Waals surface area (Å²) in [6, 6.07) is 4.17. The lowest BCUT2D eigenvalue weighted by molar-refractivity contribution is -0.121. The summed E-state index contributed by atoms with van der Waals surface area (Å²) < 4.78 is 4.94. The lowest BCUT2D eigenvalue weighted by Crippen LogP contribution is -2.33. The summed E-state index contributed by atoms with van der Waals surface area (Å²) in [6.07, 6.45) is 3.90. The molecule has 1 amide bonds. The van der Waals surface area contributed by atoms with Crippen molar-refractivity contribution in [2.24, 2.45) is 5.92 Å². The Labute approximate surface area is 167 Å². The fourth-order valence-corrected chi connectivity index (χ4v) is 4.02. The van der Waals surface area contributed by atoms with E-state index in [0.29, 0.717) is 25.5 Å². The van der Waals surface area contributed by atoms with E-state index in [1.165, 1.54) is 4.88 Å². The summed E-state index contributed by atoms with van der Waals surface area (Å²) >= 11 is 1.70. The molecule has 0 spiro atoms. The highest BCUT2D eigenvalue weighted by Crippen LogP contribution is 2.25. The number of rotatable bonds is 8. The fourth-order valence-electron chi connectivity index (χ4n) is 3.11. The first-order valence-corrected chi connectivity index (χ1v) is 10.5. The molecule has 2 N–H and O–H groups in total. The molecule has 150 valence electrons. The molecule has 2 rings (SSSR count). The zero-order valence-electron chi connectivity index (χ0n) is 16.7. The lowest BCUT2D eigenvalue weighted by atomic mass is 9.92. The monoisotopic (exact) mass is 392 g/mol. The number of nitrogens with zero attached hydrogens (tertiary/aromatic N) is 1. The summed E-state index contributed by atoms with van der Waals surface area (Å²) in [5.41, 5.74) is -0.952. The van der Waals surface area contributed by atoms with Gasteiger partial charge in [-0.15, -0.1) is 11.3 Å². The van der Waals surface area contributed by atoms with E-state index in [4.69, 9.17) is 4.74 Å². The molecule has 2 heterocycles. The van der Waals surface area contributed by atoms with E-state index in [9.17, 15) is 9.90 Å². The van der Waals surface area contributed by atoms with E-state index in [1.54, 1.807) is 32.3 Å². The fraction of sp³-hybridized carbons (Fsp3) is 0.667. The predicted molar refractivity (Wildman–Crippen MR) is 110 cm³/mol. The van der Waals surface area contributed by atoms with Crippen LogP contribution in [0.15, 0.2) is 12.1 Å². The SMILES string of the molecule is COCCNC(=O)CCC1CCN(Cc2ccc(C#CC(C)(C)O)s2)CC1. The standard InChI is InChI=1S/C21H32N2O3S/c1-21(2,25)11-8-18-5-6-19(27-18)16-23-13-9-17(10-14-23)4-7-20(24)22-12-15-26-3/h5-6,17,25H,4,7,9-10,12-16H2,1-3H3,(H,22,24). The average Bonchev–Trinajstić information content (AvgIpc) is 3.07. The molecule has 1 saturated heterocycles. The van der Waals surface area contributed by atoms with Crippen molar-refractivity contribution in [1.82, 2.24) is 10.2 Å². The highest BCUT2D eigenvalue weighted by molar-refractivity contribution is 7.12. The summed E-state index contributed by atoms with van der Waals surface area (Å²) in [6.45, 7) is 7.68. The van der Waals surface area contributed by atoms with Crippen molar-refractivity contribution in [3.05, 3.63) is 21.9 Å². The minimum atomic E-state index is -0.952. The highest BCUT2D eigenvalue weighted by atomic mass is 32.1. The summed E-state index contributed by atoms with van der Waals surface area (Å²) in [4.78, 5) is 16.6. The number of aliphatic hydroxyl groups is 1. The molecule has 5 nitrogen and oxygen atoms in total. The van der Waals surface area contributed by atoms with Crippen molar-refractivity contribution < 1.29 is 14.6 Å². The second-order valence-corrected chi connectivity index (χ2v) is 8.84. The molecule has 0 unspecified atom stereocenters. The van der Waals surface area contributed by atoms with Crippen molar-refractivity contribution in [1.29, 1.82) is 0 Å². The molecule has 1 aromatic heterocycles. The lowest BCUT2D eigenvalue weighted by Gasteiger charge is -2.31. The van der Waals surface area contributed by atoms with E-state index < -0.39 is 5.60 Å². The number of amides is 1. The van der Waals surface area contributed by atoms with Gasteiger partial charge in [0.2, 0.25) is 5.91 Å². The maximum absolute atomic E-state index is 11.8. The number of ether oxygens (including phenoxy) is 1. The van der Waals surface area contributed by atoms with Gasteiger partial charge in [0, 0.05) is 31.5 Å². The minimum Gasteiger partial charge on any atom is -0.383 e. The van der Waals surface area contributed by atoms with E-state index >= 15 is 0 Å². The quantitative estimate of drug-likeness (QED) is 0.527. The number of piperidine rings is 1. The van der Waals surface area contributed by atoms with Crippen molar-refractivity contribution in [2.45, 2.75) is 51.7 Å². The van der Waals surface area contributed by atoms with E-state index in [2.05, 4.69) is 28.1 Å². The third-order valence-corrected chi connectivity index (χ3v) is 5.63. The molecule has 0 radical (unpaired) electrons. The van der Waals surface area contributed by atoms with Gasteiger partial charge in [0.25, 0.3) is 0 Å². The van der Waals surface area contributed by atoms with Crippen LogP contribution in [0.5, 0.6) is 0 Å². The number of thiophene rings is 1. The molecular formula is C21H32N2O3S. The number of methoxy groups -OCH3 is 1. The van der Waals surface area contributed by atoms with Crippen molar-refractivity contribution in [3.63, 3.8) is 0 Å². The van der Waals surface area contributed by atoms with Crippen LogP contribution >= 0.6 is 11.3 Å². The van der Waals surface area contributed by atoms with Crippen LogP contribution in [0.25, 0.3) is 0 Å². The zero-order chi connectivity index (χ0) is 19.7. The molecular weight excluding hydrogens is 360 g/mol. The third-order valence-electron chi connectivity index (χ3n) is 4.65. The summed E-state index contributed by atoms with van der Waals surface area (Å²) in [5.74, 6) is 6.69. The first kappa shape index (κ1) is 21.9. The summed E-state index contributed by atoms with van der Waals surface area (Å²) in [5, 5.41) is 12.6. The van der Waals surface area contributed by atoms with Crippen LogP contribution in [0, 0.1) is 17.8 Å². The Morgan fingerprint density at radius 3 is 2.81 bits per heavy atom. The Hall–Kier alpha value is -1.39. The van der Waals surface area contributed by atoms with Gasteiger partial charge < -0.3 is 15.2 Å². The number of carbonyl (C=O) groups is 1. The van der Waals surface area contributed by atoms with Crippen LogP contribution in [0.2, 0.25) is 0 Å². The van der Waals surface area contributed by atoms with Crippen molar-refractivity contribution in [2.75, 3.05) is 33.4 Å². The van der Waals surface area contributed by atoms with Crippen LogP contribution in [0.4, 0.5) is 0 Å². The molecule has 27 heavy (non-hydrogen) atoms. The maximum Gasteiger partial charge on any atom is 0.220 e. The van der Waals surface area contributed by atoms with Gasteiger partial charge in [-0.1, -0.05) is 11.8 Å². The molecule has 1 aromatic rings. The van der Waals surface area contributed by atoms with Crippen LogP contribution in [0.3, 0.4) is 0 Å². The Balaban J connectivity index is 1.68. The third kappa shape index (κ3) is 8.89. The molecule has 1 fully saturated rings. The van der Waals surface area contributed by atoms with Crippen molar-refractivity contribution in [3.8, 4) is 11.8 Å². The average molecular weight is 393 g/mol. The zero-order valence-corrected chi connectivity index (χ0v) is 17.5. The Morgan fingerprint density at radius 2 is 2.15 bits per heavy atom. The Kier molecular flexibility index (Phi) is 8.78. The van der Waals surface area contributed by atoms with Gasteiger partial charge in [0.1, 0.15) is 5.60 Å². The summed E-state index contributed by atoms with van der Waals surface area (Å²) in [7, 11) is 1.64. The molecule has 0 aliphatic carbocycles. The number of hydrogen-bond acceptors (Lipinski definition) is 5. The molecule has 0 aromatic carbocycles. The van der Waals surface area contributed by atoms with E-state index in [0.717, 1.165) is 43.8 Å². The molecule has 1 aliphatic rings. The van der Waals surface area contributed by atoms with Crippen LogP contribution in [-0.2, 0) is 16.1 Å². The van der Waals surface area contributed by atoms with E-state index in [1.807, 2.05) is 6.07 Å². The van der Waals surface area contributed by atoms with Gasteiger partial charge in [-0.05, 0) is 64.3 Å². The smallest absolute Gasteiger partial charge is 0.220 e. The van der Waals surface area contributed by atoms with Crippen LogP contribution in [0.1, 0.15) is 49.3 Å². The normalized spacial score (nSPS) is 16.0. The second kappa shape index (κ2) is 10.8. The number of nitrogens with one attached hydrogen (secondary N) is 1. The van der Waals surface area contributed by atoms with Gasteiger partial charge in [0.15, 0.2) is 0 Å². The van der Waals surface area contributed by atoms with Gasteiger partial charge in [0.05, 0.1) is 11.5 Å². The molecule has 0 atom stereocenters. The molecule has 0 saturated carbocycles. The van der Waals surface area contributed by atoms with Crippen LogP contribution in [-0.4, -0.2) is 54.9 Å². The number of hydrogen-bond donors (Lipinski definition) is 2. The predicted octanol–water partition coefficient (Wildman–Crippen LogP) is 2.63. The Morgan fingerprint density at radius 1 is 1.41 bits per heavy atom. The molecule has 1 aliphatic heterocycles. The topological polar surface area (TPSA) is 61.8 Å². The first-order valence-electron chi connectivity index (χ1n) is 9.68. The number of carbonyl (C=O) groups excluding carboxylic acids is 1. The first-order chi connectivity index (χ1) is 12.9. The second-order valence-electron chi connectivity index (χ2n) is 7.68. The largest absolute Gasteiger partial charge is 0.383 e. The van der Waals surface area contributed by atoms with Gasteiger partial charge in [-0.3, -0.25) is 9.69 Å². The molecule has 6 heteroatoms. The molecule has 0 bridgehead atoms. The van der Waals surface area contributed by atoms with Gasteiger partial charge >= 0.3 is 0 Å². The maximum atomic E-state index is 11.8. The van der Waals surface area contributed by atoms with Crippen molar-refractivity contribution >= 4 is 17.2 Å². The number of likely N-dealkylation sites (tertiary alicyclic amines) is 1. The van der Waals surface area contributed by atoms with Gasteiger partial charge in [-0.2, -0.15) is 0 Å². The van der Waals surface area contributed by atoms with Gasteiger partial charge in [-0.25, -0.2) is 0 Å². The minimum absolute atomic E-state index is 0.132. The highest BCUT2D eigenvalue weighted by Gasteiger charge is 2.20. The van der Waals surface area contributed by atoms with E-state index in [-0.39, 0.29) is 5.91 Å².